The van der Waals surface area contributed by atoms with E-state index in [1.807, 2.05) is 0 Å². The van der Waals surface area contributed by atoms with E-state index in [1.54, 1.807) is 6.92 Å². The van der Waals surface area contributed by atoms with Gasteiger partial charge in [-0.15, -0.1) is 0 Å². The fraction of sp³-hybridized carbons (Fsp3) is 0.500. The first kappa shape index (κ1) is 15.8. The Kier molecular flexibility index (Phi) is 4.53. The number of rotatable bonds is 4. The van der Waals surface area contributed by atoms with Crippen LogP contribution in [-0.4, -0.2) is 37.1 Å². The van der Waals surface area contributed by atoms with Crippen LogP contribution in [0.15, 0.2) is 24.3 Å². The van der Waals surface area contributed by atoms with E-state index in [-0.39, 0.29) is 30.7 Å². The molecule has 1 aliphatic heterocycles. The first-order chi connectivity index (χ1) is 9.86. The molecule has 21 heavy (non-hydrogen) atoms. The summed E-state index contributed by atoms with van der Waals surface area (Å²) in [5.74, 6) is -0.235. The highest BCUT2D eigenvalue weighted by Crippen LogP contribution is 2.37. The average molecular weight is 302 g/mol. The van der Waals surface area contributed by atoms with E-state index in [4.69, 9.17) is 4.74 Å². The Balaban J connectivity index is 2.39. The number of ether oxygens (including phenoxy) is 1. The van der Waals surface area contributed by atoms with Crippen LogP contribution in [-0.2, 0) is 15.7 Å². The molecule has 7 heteroatoms. The van der Waals surface area contributed by atoms with Gasteiger partial charge in [-0.25, -0.2) is 0 Å². The summed E-state index contributed by atoms with van der Waals surface area (Å²) in [5.41, 5.74) is -0.675. The number of nitrogens with one attached hydrogen (secondary N) is 1. The quantitative estimate of drug-likeness (QED) is 0.927. The van der Waals surface area contributed by atoms with Gasteiger partial charge in [0.2, 0.25) is 5.91 Å². The summed E-state index contributed by atoms with van der Waals surface area (Å²) < 4.78 is 44.4. The Bertz CT molecular complexity index is 519. The first-order valence-corrected chi connectivity index (χ1v) is 6.56. The predicted molar refractivity (Wildman–Crippen MR) is 70.4 cm³/mol. The summed E-state index contributed by atoms with van der Waals surface area (Å²) in [5, 5.41) is 2.85. The summed E-state index contributed by atoms with van der Waals surface area (Å²) >= 11 is 0. The number of carbonyl (C=O) groups is 1. The van der Waals surface area contributed by atoms with Gasteiger partial charge in [-0.2, -0.15) is 13.2 Å². The minimum Gasteiger partial charge on any atom is -0.383 e. The number of carbonyl (C=O) groups excluding carboxylic acids is 1. The third kappa shape index (κ3) is 3.19. The molecule has 2 unspecified atom stereocenters. The van der Waals surface area contributed by atoms with Gasteiger partial charge in [-0.3, -0.25) is 10.1 Å². The van der Waals surface area contributed by atoms with Crippen LogP contribution in [0.25, 0.3) is 0 Å². The largest absolute Gasteiger partial charge is 0.416 e. The summed E-state index contributed by atoms with van der Waals surface area (Å²) in [6, 6.07) is 4.98. The molecule has 1 saturated heterocycles. The molecule has 1 aliphatic rings. The van der Waals surface area contributed by atoms with Crippen molar-refractivity contribution in [3.05, 3.63) is 35.4 Å². The normalized spacial score (nSPS) is 20.9. The molecule has 0 bridgehead atoms. The zero-order valence-electron chi connectivity index (χ0n) is 11.8. The number of methoxy groups -OCH3 is 1. The fourth-order valence-corrected chi connectivity index (χ4v) is 2.59. The summed E-state index contributed by atoms with van der Waals surface area (Å²) in [4.78, 5) is 13.4. The number of benzene rings is 1. The standard InChI is InChI=1S/C14H17F3N2O2/c1-9(8-21-2)19-12(20)7-18-13(19)10-5-3-4-6-11(10)14(15,16)17/h3-6,9,13,18H,7-8H2,1-2H3. The Labute approximate surface area is 120 Å². The Morgan fingerprint density at radius 1 is 1.43 bits per heavy atom. The van der Waals surface area contributed by atoms with E-state index in [0.717, 1.165) is 6.07 Å². The summed E-state index contributed by atoms with van der Waals surface area (Å²) in [6.45, 7) is 2.03. The van der Waals surface area contributed by atoms with Gasteiger partial charge in [0.05, 0.1) is 24.8 Å². The topological polar surface area (TPSA) is 41.6 Å². The Morgan fingerprint density at radius 3 is 2.71 bits per heavy atom. The molecule has 0 aromatic heterocycles. The molecule has 0 saturated carbocycles. The van der Waals surface area contributed by atoms with Gasteiger partial charge in [0.15, 0.2) is 0 Å². The van der Waals surface area contributed by atoms with Gasteiger partial charge in [0, 0.05) is 12.7 Å². The zero-order valence-corrected chi connectivity index (χ0v) is 11.8. The van der Waals surface area contributed by atoms with Crippen LogP contribution in [0, 0.1) is 0 Å². The maximum Gasteiger partial charge on any atom is 0.416 e. The Hall–Kier alpha value is -1.60. The van der Waals surface area contributed by atoms with Gasteiger partial charge in [0.1, 0.15) is 6.17 Å². The summed E-state index contributed by atoms with van der Waals surface area (Å²) in [6.07, 6.45) is -5.25. The minimum atomic E-state index is -4.46. The summed E-state index contributed by atoms with van der Waals surface area (Å²) in [7, 11) is 1.49. The number of alkyl halides is 3. The molecule has 1 N–H and O–H groups in total. The highest BCUT2D eigenvalue weighted by Gasteiger charge is 2.41. The van der Waals surface area contributed by atoms with Gasteiger partial charge in [0.25, 0.3) is 0 Å². The molecule has 0 radical (unpaired) electrons. The van der Waals surface area contributed by atoms with Crippen LogP contribution in [0.1, 0.15) is 24.2 Å². The van der Waals surface area contributed by atoms with Crippen LogP contribution < -0.4 is 5.32 Å². The molecule has 1 aromatic carbocycles. The lowest BCUT2D eigenvalue weighted by molar-refractivity contribution is -0.140. The third-order valence-corrected chi connectivity index (χ3v) is 3.46. The minimum absolute atomic E-state index is 0.0188. The lowest BCUT2D eigenvalue weighted by atomic mass is 10.0. The molecule has 0 spiro atoms. The molecule has 116 valence electrons. The van der Waals surface area contributed by atoms with E-state index in [0.29, 0.717) is 0 Å². The van der Waals surface area contributed by atoms with E-state index >= 15 is 0 Å². The van der Waals surface area contributed by atoms with Crippen LogP contribution in [0.5, 0.6) is 0 Å². The maximum absolute atomic E-state index is 13.1. The van der Waals surface area contributed by atoms with Crippen LogP contribution in [0.4, 0.5) is 13.2 Å². The molecule has 1 aromatic rings. The van der Waals surface area contributed by atoms with E-state index < -0.39 is 17.9 Å². The second-order valence-corrected chi connectivity index (χ2v) is 4.97. The molecule has 4 nitrogen and oxygen atoms in total. The second-order valence-electron chi connectivity index (χ2n) is 4.97. The van der Waals surface area contributed by atoms with Gasteiger partial charge in [-0.1, -0.05) is 18.2 Å². The number of hydrogen-bond acceptors (Lipinski definition) is 3. The molecule has 2 rings (SSSR count). The monoisotopic (exact) mass is 302 g/mol. The smallest absolute Gasteiger partial charge is 0.383 e. The molecule has 1 heterocycles. The van der Waals surface area contributed by atoms with Crippen LogP contribution in [0.2, 0.25) is 0 Å². The van der Waals surface area contributed by atoms with Gasteiger partial charge >= 0.3 is 6.18 Å². The molecule has 2 atom stereocenters. The van der Waals surface area contributed by atoms with Crippen molar-refractivity contribution in [2.75, 3.05) is 20.3 Å². The number of hydrogen-bond donors (Lipinski definition) is 1. The van der Waals surface area contributed by atoms with Gasteiger partial charge in [-0.05, 0) is 13.0 Å². The van der Waals surface area contributed by atoms with Gasteiger partial charge < -0.3 is 9.64 Å². The second kappa shape index (κ2) is 6.03. The van der Waals surface area contributed by atoms with Crippen molar-refractivity contribution in [2.45, 2.75) is 25.3 Å². The van der Waals surface area contributed by atoms with Crippen molar-refractivity contribution in [2.24, 2.45) is 0 Å². The number of nitrogens with zero attached hydrogens (tertiary/aromatic N) is 1. The lowest BCUT2D eigenvalue weighted by Gasteiger charge is -2.31. The Morgan fingerprint density at radius 2 is 2.10 bits per heavy atom. The van der Waals surface area contributed by atoms with Crippen molar-refractivity contribution in [3.8, 4) is 0 Å². The molecular formula is C14H17F3N2O2. The molecular weight excluding hydrogens is 285 g/mol. The van der Waals surface area contributed by atoms with Crippen molar-refractivity contribution in [1.29, 1.82) is 0 Å². The van der Waals surface area contributed by atoms with E-state index in [2.05, 4.69) is 5.32 Å². The zero-order chi connectivity index (χ0) is 15.6. The van der Waals surface area contributed by atoms with Crippen molar-refractivity contribution in [3.63, 3.8) is 0 Å². The van der Waals surface area contributed by atoms with Crippen molar-refractivity contribution in [1.82, 2.24) is 10.2 Å². The number of halogens is 3. The predicted octanol–water partition coefficient (Wildman–Crippen LogP) is 2.17. The van der Waals surface area contributed by atoms with Crippen molar-refractivity contribution >= 4 is 5.91 Å². The maximum atomic E-state index is 13.1. The highest BCUT2D eigenvalue weighted by atomic mass is 19.4. The number of amides is 1. The van der Waals surface area contributed by atoms with E-state index in [9.17, 15) is 18.0 Å². The average Bonchev–Trinajstić information content (AvgIpc) is 2.80. The van der Waals surface area contributed by atoms with Crippen LogP contribution in [0.3, 0.4) is 0 Å². The van der Waals surface area contributed by atoms with E-state index in [1.165, 1.54) is 30.2 Å². The highest BCUT2D eigenvalue weighted by molar-refractivity contribution is 5.81. The third-order valence-electron chi connectivity index (χ3n) is 3.46. The fourth-order valence-electron chi connectivity index (χ4n) is 2.59. The molecule has 0 aliphatic carbocycles. The molecule has 1 amide bonds. The first-order valence-electron chi connectivity index (χ1n) is 6.56. The van der Waals surface area contributed by atoms with Crippen molar-refractivity contribution < 1.29 is 22.7 Å². The molecule has 1 fully saturated rings. The lowest BCUT2D eigenvalue weighted by Crippen LogP contribution is -2.41. The SMILES string of the molecule is COCC(C)N1C(=O)CNC1c1ccccc1C(F)(F)F. The van der Waals surface area contributed by atoms with Crippen LogP contribution >= 0.6 is 0 Å².